The molecule has 0 N–H and O–H groups in total. The Balaban J connectivity index is 1.71. The molecule has 1 saturated heterocycles. The van der Waals surface area contributed by atoms with Gasteiger partial charge in [-0.05, 0) is 43.5 Å². The summed E-state index contributed by atoms with van der Waals surface area (Å²) in [6.45, 7) is 0.579. The summed E-state index contributed by atoms with van der Waals surface area (Å²) in [5, 5.41) is 0. The van der Waals surface area contributed by atoms with Crippen LogP contribution in [0.3, 0.4) is 0 Å². The van der Waals surface area contributed by atoms with E-state index in [9.17, 15) is 4.79 Å². The number of carbonyl (C=O) groups is 1. The van der Waals surface area contributed by atoms with Gasteiger partial charge >= 0.3 is 0 Å². The minimum absolute atomic E-state index is 0.0113. The highest BCUT2D eigenvalue weighted by molar-refractivity contribution is 5.60. The van der Waals surface area contributed by atoms with Crippen LogP contribution in [0.1, 0.15) is 36.6 Å². The number of likely N-dealkylation sites (tertiary alicyclic amines) is 1. The number of piperidine rings is 1. The van der Waals surface area contributed by atoms with Crippen LogP contribution in [0.2, 0.25) is 0 Å². The third-order valence-electron chi connectivity index (χ3n) is 5.98. The van der Waals surface area contributed by atoms with Crippen LogP contribution in [-0.2, 0) is 11.3 Å². The molecule has 1 aromatic heterocycles. The lowest BCUT2D eigenvalue weighted by Crippen LogP contribution is -2.42. The van der Waals surface area contributed by atoms with Crippen molar-refractivity contribution in [3.05, 3.63) is 78.0 Å². The molecule has 160 valence electrons. The molecule has 3 aromatic rings. The fraction of sp³-hybridized carbons (Fsp3) is 0.308. The molecular weight excluding hydrogens is 388 g/mol. The smallest absolute Gasteiger partial charge is 0.137 e. The molecule has 4 rings (SSSR count). The van der Waals surface area contributed by atoms with Crippen LogP contribution >= 0.6 is 0 Å². The monoisotopic (exact) mass is 416 g/mol. The van der Waals surface area contributed by atoms with E-state index >= 15 is 0 Å². The number of aldehydes is 1. The van der Waals surface area contributed by atoms with Gasteiger partial charge in [-0.25, -0.2) is 0 Å². The Kier molecular flexibility index (Phi) is 6.63. The van der Waals surface area contributed by atoms with Crippen LogP contribution in [0.15, 0.2) is 66.7 Å². The van der Waals surface area contributed by atoms with E-state index in [1.165, 1.54) is 0 Å². The molecule has 0 radical (unpaired) electrons. The zero-order valence-electron chi connectivity index (χ0n) is 18.0. The van der Waals surface area contributed by atoms with E-state index in [0.717, 1.165) is 59.6 Å². The second-order valence-corrected chi connectivity index (χ2v) is 7.78. The average molecular weight is 417 g/mol. The van der Waals surface area contributed by atoms with Gasteiger partial charge in [-0.15, -0.1) is 0 Å². The van der Waals surface area contributed by atoms with E-state index in [4.69, 9.17) is 14.5 Å². The van der Waals surface area contributed by atoms with Gasteiger partial charge in [0.15, 0.2) is 0 Å². The third kappa shape index (κ3) is 4.47. The van der Waals surface area contributed by atoms with E-state index in [1.54, 1.807) is 14.2 Å². The Hall–Kier alpha value is -3.18. The zero-order chi connectivity index (χ0) is 21.6. The Bertz CT molecular complexity index is 1000. The normalized spacial score (nSPS) is 19.0. The van der Waals surface area contributed by atoms with Crippen LogP contribution in [0, 0.1) is 0 Å². The van der Waals surface area contributed by atoms with Gasteiger partial charge in [-0.3, -0.25) is 9.88 Å². The Labute approximate surface area is 183 Å². The number of aromatic nitrogens is 1. The SMILES string of the molecule is COc1cccc(OC)c1C1CCCC(C=O)N1Cc1cccc(-c2ccccc2)n1. The molecule has 0 aliphatic carbocycles. The molecule has 1 fully saturated rings. The van der Waals surface area contributed by atoms with Crippen molar-refractivity contribution in [2.75, 3.05) is 14.2 Å². The number of hydrogen-bond donors (Lipinski definition) is 0. The maximum absolute atomic E-state index is 12.0. The number of hydrogen-bond acceptors (Lipinski definition) is 5. The number of methoxy groups -OCH3 is 2. The number of benzene rings is 2. The van der Waals surface area contributed by atoms with Crippen molar-refractivity contribution in [3.8, 4) is 22.8 Å². The van der Waals surface area contributed by atoms with Crippen LogP contribution < -0.4 is 9.47 Å². The van der Waals surface area contributed by atoms with Crippen molar-refractivity contribution in [2.24, 2.45) is 0 Å². The minimum atomic E-state index is -0.171. The molecule has 2 atom stereocenters. The van der Waals surface area contributed by atoms with Crippen LogP contribution in [0.4, 0.5) is 0 Å². The summed E-state index contributed by atoms with van der Waals surface area (Å²) in [6.07, 6.45) is 3.81. The predicted octanol–water partition coefficient (Wildman–Crippen LogP) is 5.06. The van der Waals surface area contributed by atoms with Gasteiger partial charge in [0.2, 0.25) is 0 Å². The molecule has 31 heavy (non-hydrogen) atoms. The molecule has 5 nitrogen and oxygen atoms in total. The molecule has 2 heterocycles. The first kappa shape index (κ1) is 21.1. The maximum atomic E-state index is 12.0. The van der Waals surface area contributed by atoms with Crippen molar-refractivity contribution in [1.29, 1.82) is 0 Å². The Morgan fingerprint density at radius 1 is 0.935 bits per heavy atom. The fourth-order valence-electron chi connectivity index (χ4n) is 4.50. The second kappa shape index (κ2) is 9.75. The van der Waals surface area contributed by atoms with Gasteiger partial charge < -0.3 is 14.3 Å². The lowest BCUT2D eigenvalue weighted by atomic mass is 9.89. The highest BCUT2D eigenvalue weighted by atomic mass is 16.5. The molecule has 5 heteroatoms. The van der Waals surface area contributed by atoms with Crippen molar-refractivity contribution < 1.29 is 14.3 Å². The number of ether oxygens (including phenoxy) is 2. The summed E-state index contributed by atoms with van der Waals surface area (Å²) in [7, 11) is 3.35. The van der Waals surface area contributed by atoms with Gasteiger partial charge in [0.25, 0.3) is 0 Å². The van der Waals surface area contributed by atoms with Crippen molar-refractivity contribution in [2.45, 2.75) is 37.9 Å². The van der Waals surface area contributed by atoms with Gasteiger partial charge in [-0.2, -0.15) is 0 Å². The molecule has 0 amide bonds. The number of nitrogens with zero attached hydrogens (tertiary/aromatic N) is 2. The van der Waals surface area contributed by atoms with Crippen LogP contribution in [0.25, 0.3) is 11.3 Å². The summed E-state index contributed by atoms with van der Waals surface area (Å²) in [5.41, 5.74) is 3.95. The molecule has 0 spiro atoms. The fourth-order valence-corrected chi connectivity index (χ4v) is 4.50. The van der Waals surface area contributed by atoms with E-state index in [0.29, 0.717) is 6.54 Å². The molecule has 0 bridgehead atoms. The van der Waals surface area contributed by atoms with Gasteiger partial charge in [-0.1, -0.05) is 42.5 Å². The first-order chi connectivity index (χ1) is 15.2. The molecule has 0 saturated carbocycles. The summed E-state index contributed by atoms with van der Waals surface area (Å²) in [6, 6.07) is 21.9. The van der Waals surface area contributed by atoms with Crippen LogP contribution in [0.5, 0.6) is 11.5 Å². The van der Waals surface area contributed by atoms with Gasteiger partial charge in [0.1, 0.15) is 17.8 Å². The second-order valence-electron chi connectivity index (χ2n) is 7.78. The number of pyridine rings is 1. The highest BCUT2D eigenvalue weighted by Gasteiger charge is 2.35. The van der Waals surface area contributed by atoms with Gasteiger partial charge in [0.05, 0.1) is 37.2 Å². The Morgan fingerprint density at radius 2 is 1.65 bits per heavy atom. The van der Waals surface area contributed by atoms with E-state index < -0.39 is 0 Å². The predicted molar refractivity (Wildman–Crippen MR) is 121 cm³/mol. The number of carbonyl (C=O) groups excluding carboxylic acids is 1. The lowest BCUT2D eigenvalue weighted by molar-refractivity contribution is -0.115. The zero-order valence-corrected chi connectivity index (χ0v) is 18.0. The van der Waals surface area contributed by atoms with Gasteiger partial charge in [0, 0.05) is 18.2 Å². The standard InChI is InChI=1S/C26H28N2O3/c1-30-24-15-8-16-25(31-2)26(24)23-14-7-12-21(18-29)28(23)17-20-11-6-13-22(27-20)19-9-4-3-5-10-19/h3-6,8-11,13,15-16,18,21,23H,7,12,14,17H2,1-2H3. The quantitative estimate of drug-likeness (QED) is 0.504. The topological polar surface area (TPSA) is 51.7 Å². The number of rotatable bonds is 7. The summed E-state index contributed by atoms with van der Waals surface area (Å²) in [5.74, 6) is 1.57. The molecular formula is C26H28N2O3. The molecule has 1 aliphatic rings. The largest absolute Gasteiger partial charge is 0.496 e. The molecule has 2 aromatic carbocycles. The van der Waals surface area contributed by atoms with Crippen LogP contribution in [-0.4, -0.2) is 36.4 Å². The molecule has 1 aliphatic heterocycles. The minimum Gasteiger partial charge on any atom is -0.496 e. The average Bonchev–Trinajstić information content (AvgIpc) is 2.84. The summed E-state index contributed by atoms with van der Waals surface area (Å²) >= 11 is 0. The van der Waals surface area contributed by atoms with Crippen molar-refractivity contribution >= 4 is 6.29 Å². The Morgan fingerprint density at radius 3 is 2.32 bits per heavy atom. The van der Waals surface area contributed by atoms with Crippen molar-refractivity contribution in [1.82, 2.24) is 9.88 Å². The molecule has 2 unspecified atom stereocenters. The summed E-state index contributed by atoms with van der Waals surface area (Å²) < 4.78 is 11.3. The first-order valence-corrected chi connectivity index (χ1v) is 10.7. The summed E-state index contributed by atoms with van der Waals surface area (Å²) in [4.78, 5) is 19.2. The highest BCUT2D eigenvalue weighted by Crippen LogP contribution is 2.43. The van der Waals surface area contributed by atoms with E-state index in [2.05, 4.69) is 17.0 Å². The third-order valence-corrected chi connectivity index (χ3v) is 5.98. The lowest BCUT2D eigenvalue weighted by Gasteiger charge is -2.40. The first-order valence-electron chi connectivity index (χ1n) is 10.7. The van der Waals surface area contributed by atoms with Crippen molar-refractivity contribution in [3.63, 3.8) is 0 Å². The van der Waals surface area contributed by atoms with E-state index in [1.807, 2.05) is 54.6 Å². The van der Waals surface area contributed by atoms with E-state index in [-0.39, 0.29) is 12.1 Å². The maximum Gasteiger partial charge on any atom is 0.137 e.